The van der Waals surface area contributed by atoms with E-state index in [1.165, 1.54) is 24.0 Å². The maximum Gasteiger partial charge on any atom is 0.416 e. The molecule has 0 bridgehead atoms. The van der Waals surface area contributed by atoms with Crippen molar-refractivity contribution in [3.63, 3.8) is 0 Å². The van der Waals surface area contributed by atoms with Crippen LogP contribution in [0.4, 0.5) is 32.0 Å². The van der Waals surface area contributed by atoms with E-state index in [-0.39, 0.29) is 51.0 Å². The molecule has 1 aliphatic rings. The maximum absolute atomic E-state index is 14.2. The Kier molecular flexibility index (Phi) is 6.89. The molecule has 11 heteroatoms. The molecule has 1 heterocycles. The van der Waals surface area contributed by atoms with E-state index in [9.17, 15) is 26.3 Å². The van der Waals surface area contributed by atoms with Gasteiger partial charge in [-0.15, -0.1) is 0 Å². The Bertz CT molecular complexity index is 922. The number of aryl methyl sites for hydroxylation is 1. The first-order valence-corrected chi connectivity index (χ1v) is 9.54. The number of hydrogen-bond acceptors (Lipinski definition) is 2. The average Bonchev–Trinajstić information content (AvgIpc) is 3.05. The zero-order valence-electron chi connectivity index (χ0n) is 15.6. The summed E-state index contributed by atoms with van der Waals surface area (Å²) in [6, 6.07) is 5.75. The molecule has 2 nitrogen and oxygen atoms in total. The van der Waals surface area contributed by atoms with Gasteiger partial charge in [0.1, 0.15) is 5.41 Å². The summed E-state index contributed by atoms with van der Waals surface area (Å²) in [5, 5.41) is -0.297. The van der Waals surface area contributed by atoms with Gasteiger partial charge in [-0.05, 0) is 48.7 Å². The third kappa shape index (κ3) is 4.33. The van der Waals surface area contributed by atoms with Gasteiger partial charge in [0, 0.05) is 18.8 Å². The number of halogens is 9. The van der Waals surface area contributed by atoms with Gasteiger partial charge >= 0.3 is 12.4 Å². The Morgan fingerprint density at radius 1 is 0.933 bits per heavy atom. The summed E-state index contributed by atoms with van der Waals surface area (Å²) in [4.78, 5) is 1.29. The van der Waals surface area contributed by atoms with Gasteiger partial charge in [-0.3, -0.25) is 0 Å². The topological polar surface area (TPSA) is 38.2 Å². The molecule has 1 fully saturated rings. The van der Waals surface area contributed by atoms with Gasteiger partial charge in [-0.1, -0.05) is 40.9 Å². The van der Waals surface area contributed by atoms with Gasteiger partial charge < -0.3 is 11.1 Å². The number of rotatable bonds is 2. The lowest BCUT2D eigenvalue weighted by molar-refractivity contribution is -0.184. The summed E-state index contributed by atoms with van der Waals surface area (Å²) in [5.74, 6) is 0. The Balaban J connectivity index is 0.00000320. The Morgan fingerprint density at radius 3 is 2.00 bits per heavy atom. The highest BCUT2D eigenvalue weighted by molar-refractivity contribution is 6.48. The van der Waals surface area contributed by atoms with Crippen molar-refractivity contribution in [2.75, 3.05) is 18.0 Å². The fourth-order valence-electron chi connectivity index (χ4n) is 3.60. The van der Waals surface area contributed by atoms with E-state index >= 15 is 0 Å². The standard InChI is InChI=1S/C19H14Cl3F6N.H3N/c1-10-2-3-12(8-13(10)18(23,24)25)29-5-4-17(9-29,19(26,27)28)11-6-14(20)16(22)15(21)7-11;/h2-3,6-8H,4-5,9H2,1H3;1H3. The fraction of sp³-hybridized carbons (Fsp3) is 0.368. The number of anilines is 1. The van der Waals surface area contributed by atoms with Gasteiger partial charge in [0.25, 0.3) is 0 Å². The first-order valence-electron chi connectivity index (χ1n) is 8.41. The van der Waals surface area contributed by atoms with Crippen LogP contribution in [0, 0.1) is 6.92 Å². The van der Waals surface area contributed by atoms with Crippen molar-refractivity contribution in [1.82, 2.24) is 6.15 Å². The molecule has 1 aliphatic heterocycles. The molecule has 30 heavy (non-hydrogen) atoms. The lowest BCUT2D eigenvalue weighted by atomic mass is 9.79. The van der Waals surface area contributed by atoms with E-state index < -0.39 is 29.9 Å². The summed E-state index contributed by atoms with van der Waals surface area (Å²) in [6.45, 7) is 0.650. The number of hydrogen-bond donors (Lipinski definition) is 1. The molecule has 166 valence electrons. The average molecular weight is 494 g/mol. The molecule has 0 aliphatic carbocycles. The minimum atomic E-state index is -4.68. The molecule has 0 amide bonds. The molecule has 0 radical (unpaired) electrons. The molecule has 1 saturated heterocycles. The van der Waals surface area contributed by atoms with Crippen molar-refractivity contribution in [2.24, 2.45) is 0 Å². The number of nitrogens with zero attached hydrogens (tertiary/aromatic N) is 1. The summed E-state index contributed by atoms with van der Waals surface area (Å²) in [5.41, 5.74) is -3.32. The van der Waals surface area contributed by atoms with Gasteiger partial charge in [0.2, 0.25) is 0 Å². The zero-order valence-corrected chi connectivity index (χ0v) is 17.8. The van der Waals surface area contributed by atoms with Crippen LogP contribution in [-0.4, -0.2) is 19.3 Å². The summed E-state index contributed by atoms with van der Waals surface area (Å²) < 4.78 is 82.1. The maximum atomic E-state index is 14.2. The second kappa shape index (κ2) is 8.30. The highest BCUT2D eigenvalue weighted by Gasteiger charge is 2.59. The Labute approximate surface area is 184 Å². The smallest absolute Gasteiger partial charge is 0.370 e. The second-order valence-corrected chi connectivity index (χ2v) is 8.19. The van der Waals surface area contributed by atoms with Crippen LogP contribution in [0.5, 0.6) is 0 Å². The molecular weight excluding hydrogens is 477 g/mol. The van der Waals surface area contributed by atoms with Crippen LogP contribution in [0.3, 0.4) is 0 Å². The van der Waals surface area contributed by atoms with Gasteiger partial charge in [-0.2, -0.15) is 26.3 Å². The predicted molar refractivity (Wildman–Crippen MR) is 107 cm³/mol. The minimum absolute atomic E-state index is 0. The summed E-state index contributed by atoms with van der Waals surface area (Å²) >= 11 is 17.7. The first-order chi connectivity index (χ1) is 13.3. The van der Waals surface area contributed by atoms with Crippen LogP contribution in [0.15, 0.2) is 30.3 Å². The van der Waals surface area contributed by atoms with Crippen LogP contribution in [0.1, 0.15) is 23.1 Å². The lowest BCUT2D eigenvalue weighted by Gasteiger charge is -2.33. The largest absolute Gasteiger partial charge is 0.416 e. The molecular formula is C19H17Cl3F6N2. The van der Waals surface area contributed by atoms with Crippen molar-refractivity contribution < 1.29 is 26.3 Å². The van der Waals surface area contributed by atoms with E-state index in [0.717, 1.165) is 18.2 Å². The van der Waals surface area contributed by atoms with Crippen molar-refractivity contribution in [1.29, 1.82) is 0 Å². The molecule has 2 aromatic rings. The number of alkyl halides is 6. The highest BCUT2D eigenvalue weighted by atomic mass is 35.5. The monoisotopic (exact) mass is 492 g/mol. The molecule has 0 saturated carbocycles. The SMILES string of the molecule is Cc1ccc(N2CCC(c3cc(Cl)c(Cl)c(Cl)c3)(C(F)(F)F)C2)cc1C(F)(F)F.N. The summed E-state index contributed by atoms with van der Waals surface area (Å²) in [6.07, 6.45) is -9.64. The highest BCUT2D eigenvalue weighted by Crippen LogP contribution is 2.50. The Morgan fingerprint density at radius 2 is 1.50 bits per heavy atom. The minimum Gasteiger partial charge on any atom is -0.370 e. The van der Waals surface area contributed by atoms with E-state index in [0.29, 0.717) is 0 Å². The van der Waals surface area contributed by atoms with Crippen molar-refractivity contribution in [2.45, 2.75) is 31.1 Å². The molecule has 3 rings (SSSR count). The van der Waals surface area contributed by atoms with Crippen molar-refractivity contribution >= 4 is 40.5 Å². The van der Waals surface area contributed by atoms with E-state index in [4.69, 9.17) is 34.8 Å². The molecule has 1 atom stereocenters. The zero-order chi connectivity index (χ0) is 21.8. The van der Waals surface area contributed by atoms with E-state index in [2.05, 4.69) is 0 Å². The lowest BCUT2D eigenvalue weighted by Crippen LogP contribution is -2.45. The van der Waals surface area contributed by atoms with Gasteiger partial charge in [0.15, 0.2) is 0 Å². The summed E-state index contributed by atoms with van der Waals surface area (Å²) in [7, 11) is 0. The van der Waals surface area contributed by atoms with Crippen LogP contribution >= 0.6 is 34.8 Å². The van der Waals surface area contributed by atoms with Crippen LogP contribution in [0.25, 0.3) is 0 Å². The second-order valence-electron chi connectivity index (χ2n) is 7.00. The predicted octanol–water partition coefficient (Wildman–Crippen LogP) is 7.85. The van der Waals surface area contributed by atoms with Crippen molar-refractivity contribution in [3.8, 4) is 0 Å². The third-order valence-electron chi connectivity index (χ3n) is 5.24. The van der Waals surface area contributed by atoms with Gasteiger partial charge in [0.05, 0.1) is 20.6 Å². The van der Waals surface area contributed by atoms with Gasteiger partial charge in [-0.25, -0.2) is 0 Å². The molecule has 0 aromatic heterocycles. The molecule has 3 N–H and O–H groups in total. The third-order valence-corrected chi connectivity index (χ3v) is 6.44. The number of benzene rings is 2. The van der Waals surface area contributed by atoms with Crippen molar-refractivity contribution in [3.05, 3.63) is 62.1 Å². The molecule has 1 unspecified atom stereocenters. The fourth-order valence-corrected chi connectivity index (χ4v) is 4.20. The Hall–Kier alpha value is -1.35. The van der Waals surface area contributed by atoms with E-state index in [1.807, 2.05) is 0 Å². The molecule has 2 aromatic carbocycles. The van der Waals surface area contributed by atoms with E-state index in [1.54, 1.807) is 0 Å². The first kappa shape index (κ1) is 24.9. The van der Waals surface area contributed by atoms with Crippen LogP contribution < -0.4 is 11.1 Å². The quantitative estimate of drug-likeness (QED) is 0.342. The normalized spacial score (nSPS) is 19.7. The van der Waals surface area contributed by atoms with Crippen LogP contribution in [0.2, 0.25) is 15.1 Å². The molecule has 0 spiro atoms. The van der Waals surface area contributed by atoms with Crippen LogP contribution in [-0.2, 0) is 11.6 Å².